The number of hydrogen-bond donors (Lipinski definition) is 0. The van der Waals surface area contributed by atoms with Crippen molar-refractivity contribution in [1.82, 2.24) is 15.1 Å². The average molecular weight is 255 g/mol. The first-order chi connectivity index (χ1) is 8.20. The van der Waals surface area contributed by atoms with Crippen molar-refractivity contribution in [1.29, 1.82) is 0 Å². The summed E-state index contributed by atoms with van der Waals surface area (Å²) in [5.74, 6) is 0.929. The Morgan fingerprint density at radius 2 is 1.94 bits per heavy atom. The molecule has 0 N–H and O–H groups in total. The fourth-order valence-corrected chi connectivity index (χ4v) is 2.23. The first-order valence-electron chi connectivity index (χ1n) is 6.19. The van der Waals surface area contributed by atoms with Gasteiger partial charge in [0.2, 0.25) is 0 Å². The molecule has 0 aliphatic carbocycles. The molecular formula is C12H19ClN4. The highest BCUT2D eigenvalue weighted by atomic mass is 35.5. The largest absolute Gasteiger partial charge is 0.353 e. The average Bonchev–Trinajstić information content (AvgIpc) is 2.39. The number of hydrogen-bond acceptors (Lipinski definition) is 4. The number of piperazine rings is 1. The molecule has 1 aliphatic heterocycles. The first-order valence-corrected chi connectivity index (χ1v) is 6.56. The Morgan fingerprint density at radius 1 is 1.24 bits per heavy atom. The lowest BCUT2D eigenvalue weighted by Gasteiger charge is -2.38. The Hall–Kier alpha value is -0.870. The molecule has 1 aromatic heterocycles. The van der Waals surface area contributed by atoms with Crippen LogP contribution >= 0.6 is 11.6 Å². The summed E-state index contributed by atoms with van der Waals surface area (Å²) >= 11 is 5.73. The van der Waals surface area contributed by atoms with Gasteiger partial charge in [-0.2, -0.15) is 0 Å². The number of anilines is 1. The van der Waals surface area contributed by atoms with Gasteiger partial charge in [0.1, 0.15) is 0 Å². The van der Waals surface area contributed by atoms with Crippen LogP contribution in [0.2, 0.25) is 5.15 Å². The van der Waals surface area contributed by atoms with Crippen molar-refractivity contribution in [2.75, 3.05) is 31.1 Å². The van der Waals surface area contributed by atoms with Crippen LogP contribution in [0.25, 0.3) is 0 Å². The standard InChI is InChI=1S/C12H19ClN4/c1-3-10(2)16-6-8-17(9-7-16)12-5-4-11(13)14-15-12/h4-5,10H,3,6-9H2,1-2H3. The highest BCUT2D eigenvalue weighted by Crippen LogP contribution is 2.15. The number of nitrogens with zero attached hydrogens (tertiary/aromatic N) is 4. The van der Waals surface area contributed by atoms with Crippen LogP contribution in [0.15, 0.2) is 12.1 Å². The third kappa shape index (κ3) is 3.07. The molecule has 0 radical (unpaired) electrons. The zero-order valence-electron chi connectivity index (χ0n) is 10.4. The molecule has 1 unspecified atom stereocenters. The van der Waals surface area contributed by atoms with E-state index in [1.807, 2.05) is 6.07 Å². The molecule has 5 heteroatoms. The molecule has 0 aromatic carbocycles. The van der Waals surface area contributed by atoms with E-state index in [2.05, 4.69) is 33.8 Å². The van der Waals surface area contributed by atoms with Crippen molar-refractivity contribution < 1.29 is 0 Å². The summed E-state index contributed by atoms with van der Waals surface area (Å²) in [4.78, 5) is 4.79. The number of halogens is 1. The van der Waals surface area contributed by atoms with Crippen molar-refractivity contribution >= 4 is 17.4 Å². The van der Waals surface area contributed by atoms with E-state index in [0.29, 0.717) is 11.2 Å². The molecule has 17 heavy (non-hydrogen) atoms. The normalized spacial score (nSPS) is 19.4. The van der Waals surface area contributed by atoms with E-state index in [1.165, 1.54) is 6.42 Å². The molecule has 1 aliphatic rings. The molecule has 0 amide bonds. The van der Waals surface area contributed by atoms with Crippen LogP contribution in [0.1, 0.15) is 20.3 Å². The van der Waals surface area contributed by atoms with Crippen LogP contribution in [-0.2, 0) is 0 Å². The van der Waals surface area contributed by atoms with Gasteiger partial charge in [-0.3, -0.25) is 4.90 Å². The van der Waals surface area contributed by atoms with Gasteiger partial charge in [-0.1, -0.05) is 18.5 Å². The third-order valence-corrected chi connectivity index (χ3v) is 3.67. The molecule has 2 rings (SSSR count). The lowest BCUT2D eigenvalue weighted by Crippen LogP contribution is -2.49. The number of aromatic nitrogens is 2. The molecule has 1 atom stereocenters. The highest BCUT2D eigenvalue weighted by molar-refractivity contribution is 6.29. The minimum Gasteiger partial charge on any atom is -0.353 e. The molecule has 1 saturated heterocycles. The molecule has 0 spiro atoms. The molecular weight excluding hydrogens is 236 g/mol. The Morgan fingerprint density at radius 3 is 2.47 bits per heavy atom. The summed E-state index contributed by atoms with van der Waals surface area (Å²) in [6.45, 7) is 8.75. The summed E-state index contributed by atoms with van der Waals surface area (Å²) in [6.07, 6.45) is 1.21. The molecule has 0 bridgehead atoms. The SMILES string of the molecule is CCC(C)N1CCN(c2ccc(Cl)nn2)CC1. The Kier molecular flexibility index (Phi) is 4.18. The van der Waals surface area contributed by atoms with E-state index < -0.39 is 0 Å². The summed E-state index contributed by atoms with van der Waals surface area (Å²) < 4.78 is 0. The van der Waals surface area contributed by atoms with Gasteiger partial charge in [-0.15, -0.1) is 10.2 Å². The van der Waals surface area contributed by atoms with E-state index in [9.17, 15) is 0 Å². The van der Waals surface area contributed by atoms with Crippen LogP contribution in [-0.4, -0.2) is 47.3 Å². The minimum atomic E-state index is 0.451. The van der Waals surface area contributed by atoms with E-state index in [0.717, 1.165) is 32.0 Å². The van der Waals surface area contributed by atoms with E-state index in [4.69, 9.17) is 11.6 Å². The minimum absolute atomic E-state index is 0.451. The predicted octanol–water partition coefficient (Wildman–Crippen LogP) is 2.05. The topological polar surface area (TPSA) is 32.3 Å². The molecule has 2 heterocycles. The monoisotopic (exact) mass is 254 g/mol. The zero-order chi connectivity index (χ0) is 12.3. The van der Waals surface area contributed by atoms with Gasteiger partial charge in [0.25, 0.3) is 0 Å². The Bertz CT molecular complexity index is 346. The third-order valence-electron chi connectivity index (χ3n) is 3.47. The quantitative estimate of drug-likeness (QED) is 0.827. The maximum absolute atomic E-state index is 5.73. The lowest BCUT2D eigenvalue weighted by atomic mass is 10.2. The second-order valence-corrected chi connectivity index (χ2v) is 4.88. The van der Waals surface area contributed by atoms with Crippen LogP contribution in [0, 0.1) is 0 Å². The van der Waals surface area contributed by atoms with Gasteiger partial charge in [0.05, 0.1) is 0 Å². The maximum atomic E-state index is 5.73. The number of rotatable bonds is 3. The van der Waals surface area contributed by atoms with Gasteiger partial charge >= 0.3 is 0 Å². The fraction of sp³-hybridized carbons (Fsp3) is 0.667. The van der Waals surface area contributed by atoms with Crippen LogP contribution in [0.5, 0.6) is 0 Å². The van der Waals surface area contributed by atoms with E-state index in [-0.39, 0.29) is 0 Å². The molecule has 4 nitrogen and oxygen atoms in total. The fourth-order valence-electron chi connectivity index (χ4n) is 2.13. The van der Waals surface area contributed by atoms with Gasteiger partial charge in [-0.05, 0) is 25.5 Å². The van der Waals surface area contributed by atoms with Crippen LogP contribution in [0.4, 0.5) is 5.82 Å². The van der Waals surface area contributed by atoms with E-state index in [1.54, 1.807) is 6.07 Å². The summed E-state index contributed by atoms with van der Waals surface area (Å²) in [5.41, 5.74) is 0. The highest BCUT2D eigenvalue weighted by Gasteiger charge is 2.20. The van der Waals surface area contributed by atoms with Gasteiger partial charge in [0, 0.05) is 32.2 Å². The Labute approximate surface area is 108 Å². The second-order valence-electron chi connectivity index (χ2n) is 4.49. The predicted molar refractivity (Wildman–Crippen MR) is 70.6 cm³/mol. The first kappa shape index (κ1) is 12.6. The van der Waals surface area contributed by atoms with Crippen molar-refractivity contribution in [3.63, 3.8) is 0 Å². The van der Waals surface area contributed by atoms with Crippen LogP contribution < -0.4 is 4.90 Å². The van der Waals surface area contributed by atoms with Crippen molar-refractivity contribution in [2.24, 2.45) is 0 Å². The van der Waals surface area contributed by atoms with Gasteiger partial charge in [0.15, 0.2) is 11.0 Å². The summed E-state index contributed by atoms with van der Waals surface area (Å²) in [6, 6.07) is 4.41. The van der Waals surface area contributed by atoms with E-state index >= 15 is 0 Å². The molecule has 94 valence electrons. The Balaban J connectivity index is 1.93. The zero-order valence-corrected chi connectivity index (χ0v) is 11.2. The van der Waals surface area contributed by atoms with Gasteiger partial charge < -0.3 is 4.90 Å². The summed E-state index contributed by atoms with van der Waals surface area (Å²) in [5, 5.41) is 8.45. The summed E-state index contributed by atoms with van der Waals surface area (Å²) in [7, 11) is 0. The van der Waals surface area contributed by atoms with Crippen LogP contribution in [0.3, 0.4) is 0 Å². The van der Waals surface area contributed by atoms with Gasteiger partial charge in [-0.25, -0.2) is 0 Å². The second kappa shape index (κ2) is 5.65. The maximum Gasteiger partial charge on any atom is 0.151 e. The lowest BCUT2D eigenvalue weighted by molar-refractivity contribution is 0.192. The van der Waals surface area contributed by atoms with Crippen molar-refractivity contribution in [3.8, 4) is 0 Å². The smallest absolute Gasteiger partial charge is 0.151 e. The molecule has 0 saturated carbocycles. The molecule has 1 aromatic rings. The van der Waals surface area contributed by atoms with Crippen molar-refractivity contribution in [3.05, 3.63) is 17.3 Å². The van der Waals surface area contributed by atoms with Crippen molar-refractivity contribution in [2.45, 2.75) is 26.3 Å². The molecule has 1 fully saturated rings.